The molecule has 1 aliphatic rings. The largest absolute Gasteiger partial charge is 0.346 e. The number of anilines is 1. The third-order valence-corrected chi connectivity index (χ3v) is 5.51. The molecule has 1 N–H and O–H groups in total. The van der Waals surface area contributed by atoms with E-state index in [0.717, 1.165) is 39.1 Å². The summed E-state index contributed by atoms with van der Waals surface area (Å²) >= 11 is 1.88. The molecule has 1 aromatic heterocycles. The predicted octanol–water partition coefficient (Wildman–Crippen LogP) is 2.74. The zero-order chi connectivity index (χ0) is 15.2. The van der Waals surface area contributed by atoms with Crippen molar-refractivity contribution >= 4 is 16.5 Å². The molecule has 1 unspecified atom stereocenters. The van der Waals surface area contributed by atoms with Crippen molar-refractivity contribution in [2.45, 2.75) is 52.6 Å². The molecule has 120 valence electrons. The molecule has 5 heteroatoms. The van der Waals surface area contributed by atoms with E-state index in [2.05, 4.69) is 35.9 Å². The maximum absolute atomic E-state index is 4.93. The Morgan fingerprint density at radius 2 is 2.10 bits per heavy atom. The van der Waals surface area contributed by atoms with Crippen LogP contribution in [0.4, 0.5) is 5.13 Å². The number of nitrogens with one attached hydrogen (secondary N) is 1. The molecular formula is C16H30N4S. The van der Waals surface area contributed by atoms with Crippen molar-refractivity contribution in [2.75, 3.05) is 38.1 Å². The summed E-state index contributed by atoms with van der Waals surface area (Å²) in [6.07, 6.45) is 3.54. The van der Waals surface area contributed by atoms with Crippen molar-refractivity contribution in [2.24, 2.45) is 0 Å². The third kappa shape index (κ3) is 3.96. The summed E-state index contributed by atoms with van der Waals surface area (Å²) in [5.74, 6) is 0. The molecule has 4 nitrogen and oxygen atoms in total. The van der Waals surface area contributed by atoms with Gasteiger partial charge in [-0.05, 0) is 33.0 Å². The van der Waals surface area contributed by atoms with Crippen LogP contribution in [0.25, 0.3) is 0 Å². The number of rotatable bonds is 8. The fourth-order valence-electron chi connectivity index (χ4n) is 3.19. The lowest BCUT2D eigenvalue weighted by atomic mass is 10.2. The number of hydrogen-bond acceptors (Lipinski definition) is 5. The van der Waals surface area contributed by atoms with Crippen molar-refractivity contribution in [3.05, 3.63) is 10.6 Å². The number of aryl methyl sites for hydroxylation is 1. The summed E-state index contributed by atoms with van der Waals surface area (Å²) in [4.78, 5) is 11.4. The maximum Gasteiger partial charge on any atom is 0.185 e. The second kappa shape index (κ2) is 8.11. The van der Waals surface area contributed by atoms with E-state index in [1.54, 1.807) is 0 Å². The van der Waals surface area contributed by atoms with E-state index in [1.807, 2.05) is 18.4 Å². The Morgan fingerprint density at radius 1 is 1.33 bits per heavy atom. The van der Waals surface area contributed by atoms with Crippen LogP contribution in [0.2, 0.25) is 0 Å². The standard InChI is InChI=1S/C16H30N4S/c1-5-8-14-15(11-17-4)21-16(18-14)20-10-9-13(12-20)19(6-2)7-3/h13,17H,5-12H2,1-4H3. The van der Waals surface area contributed by atoms with Crippen LogP contribution in [0.3, 0.4) is 0 Å². The van der Waals surface area contributed by atoms with Gasteiger partial charge in [-0.15, -0.1) is 11.3 Å². The molecule has 1 aliphatic heterocycles. The van der Waals surface area contributed by atoms with Gasteiger partial charge in [0.05, 0.1) is 5.69 Å². The van der Waals surface area contributed by atoms with Gasteiger partial charge in [-0.25, -0.2) is 4.98 Å². The smallest absolute Gasteiger partial charge is 0.185 e. The molecule has 0 bridgehead atoms. The molecule has 1 fully saturated rings. The Morgan fingerprint density at radius 3 is 2.71 bits per heavy atom. The second-order valence-electron chi connectivity index (χ2n) is 5.76. The molecule has 0 saturated carbocycles. The van der Waals surface area contributed by atoms with E-state index in [9.17, 15) is 0 Å². The number of thiazole rings is 1. The van der Waals surface area contributed by atoms with Crippen LogP contribution in [0.15, 0.2) is 0 Å². The van der Waals surface area contributed by atoms with Crippen molar-refractivity contribution in [3.8, 4) is 0 Å². The molecule has 1 atom stereocenters. The third-order valence-electron chi connectivity index (χ3n) is 4.35. The first kappa shape index (κ1) is 16.7. The van der Waals surface area contributed by atoms with Crippen molar-refractivity contribution in [3.63, 3.8) is 0 Å². The average molecular weight is 311 g/mol. The molecule has 0 aliphatic carbocycles. The Bertz CT molecular complexity index is 404. The summed E-state index contributed by atoms with van der Waals surface area (Å²) in [7, 11) is 2.02. The van der Waals surface area contributed by atoms with Crippen LogP contribution in [-0.2, 0) is 13.0 Å². The maximum atomic E-state index is 4.93. The average Bonchev–Trinajstić information content (AvgIpc) is 3.09. The normalized spacial score (nSPS) is 18.9. The molecule has 0 spiro atoms. The minimum Gasteiger partial charge on any atom is -0.346 e. The lowest BCUT2D eigenvalue weighted by Gasteiger charge is -2.25. The van der Waals surface area contributed by atoms with Gasteiger partial charge in [0.25, 0.3) is 0 Å². The molecular weight excluding hydrogens is 280 g/mol. The van der Waals surface area contributed by atoms with Crippen LogP contribution < -0.4 is 10.2 Å². The van der Waals surface area contributed by atoms with E-state index >= 15 is 0 Å². The number of likely N-dealkylation sites (N-methyl/N-ethyl adjacent to an activating group) is 1. The first-order valence-corrected chi connectivity index (χ1v) is 9.17. The molecule has 21 heavy (non-hydrogen) atoms. The highest BCUT2D eigenvalue weighted by Gasteiger charge is 2.28. The highest BCUT2D eigenvalue weighted by atomic mass is 32.1. The van der Waals surface area contributed by atoms with Crippen LogP contribution in [0.1, 0.15) is 44.2 Å². The van der Waals surface area contributed by atoms with Crippen molar-refractivity contribution in [1.29, 1.82) is 0 Å². The molecule has 1 aromatic rings. The van der Waals surface area contributed by atoms with Gasteiger partial charge < -0.3 is 10.2 Å². The SMILES string of the molecule is CCCc1nc(N2CCC(N(CC)CC)C2)sc1CNC. The van der Waals surface area contributed by atoms with Crippen LogP contribution in [-0.4, -0.2) is 49.2 Å². The Balaban J connectivity index is 2.07. The van der Waals surface area contributed by atoms with Gasteiger partial charge in [0.15, 0.2) is 5.13 Å². The molecule has 0 radical (unpaired) electrons. The predicted molar refractivity (Wildman–Crippen MR) is 92.4 cm³/mol. The second-order valence-corrected chi connectivity index (χ2v) is 6.82. The summed E-state index contributed by atoms with van der Waals surface area (Å²) in [6, 6.07) is 0.700. The van der Waals surface area contributed by atoms with Gasteiger partial charge in [-0.2, -0.15) is 0 Å². The lowest BCUT2D eigenvalue weighted by molar-refractivity contribution is 0.232. The zero-order valence-corrected chi connectivity index (χ0v) is 14.8. The first-order chi connectivity index (χ1) is 10.2. The van der Waals surface area contributed by atoms with Crippen LogP contribution >= 0.6 is 11.3 Å². The Labute approximate surface area is 133 Å². The topological polar surface area (TPSA) is 31.4 Å². The van der Waals surface area contributed by atoms with Gasteiger partial charge in [0, 0.05) is 30.6 Å². The van der Waals surface area contributed by atoms with Gasteiger partial charge in [0.2, 0.25) is 0 Å². The summed E-state index contributed by atoms with van der Waals surface area (Å²) < 4.78 is 0. The van der Waals surface area contributed by atoms with Crippen LogP contribution in [0.5, 0.6) is 0 Å². The first-order valence-electron chi connectivity index (χ1n) is 8.35. The lowest BCUT2D eigenvalue weighted by Crippen LogP contribution is -2.37. The van der Waals surface area contributed by atoms with E-state index in [4.69, 9.17) is 4.98 Å². The van der Waals surface area contributed by atoms with E-state index < -0.39 is 0 Å². The van der Waals surface area contributed by atoms with Crippen molar-refractivity contribution < 1.29 is 0 Å². The molecule has 0 aromatic carbocycles. The van der Waals surface area contributed by atoms with E-state index in [-0.39, 0.29) is 0 Å². The van der Waals surface area contributed by atoms with Crippen LogP contribution in [0, 0.1) is 0 Å². The molecule has 2 rings (SSSR count). The quantitative estimate of drug-likeness (QED) is 0.800. The fraction of sp³-hybridized carbons (Fsp3) is 0.812. The number of aromatic nitrogens is 1. The number of nitrogens with zero attached hydrogens (tertiary/aromatic N) is 3. The number of hydrogen-bond donors (Lipinski definition) is 1. The van der Waals surface area contributed by atoms with Crippen molar-refractivity contribution in [1.82, 2.24) is 15.2 Å². The minimum atomic E-state index is 0.700. The summed E-state index contributed by atoms with van der Waals surface area (Å²) in [5.41, 5.74) is 1.30. The fourth-order valence-corrected chi connectivity index (χ4v) is 4.34. The Kier molecular flexibility index (Phi) is 6.45. The molecule has 0 amide bonds. The molecule has 1 saturated heterocycles. The van der Waals surface area contributed by atoms with Gasteiger partial charge in [-0.3, -0.25) is 4.90 Å². The van der Waals surface area contributed by atoms with Gasteiger partial charge in [0.1, 0.15) is 0 Å². The zero-order valence-electron chi connectivity index (χ0n) is 14.0. The highest BCUT2D eigenvalue weighted by Crippen LogP contribution is 2.30. The summed E-state index contributed by atoms with van der Waals surface area (Å²) in [5, 5.41) is 4.51. The highest BCUT2D eigenvalue weighted by molar-refractivity contribution is 7.15. The Hall–Kier alpha value is -0.650. The monoisotopic (exact) mass is 310 g/mol. The van der Waals surface area contributed by atoms with Gasteiger partial charge >= 0.3 is 0 Å². The summed E-state index contributed by atoms with van der Waals surface area (Å²) in [6.45, 7) is 12.3. The molecule has 2 heterocycles. The minimum absolute atomic E-state index is 0.700. The van der Waals surface area contributed by atoms with Gasteiger partial charge in [-0.1, -0.05) is 27.2 Å². The van der Waals surface area contributed by atoms with E-state index in [1.165, 1.54) is 28.5 Å². The van der Waals surface area contributed by atoms with E-state index in [0.29, 0.717) is 6.04 Å².